The van der Waals surface area contributed by atoms with Crippen LogP contribution in [-0.4, -0.2) is 15.5 Å². The lowest BCUT2D eigenvalue weighted by molar-refractivity contribution is -0.617. The molecular formula is C14H13N5. The highest BCUT2D eigenvalue weighted by Crippen LogP contribution is 2.19. The highest BCUT2D eigenvalue weighted by atomic mass is 15.5. The minimum Gasteiger partial charge on any atom is -0.285 e. The molecule has 0 aliphatic rings. The van der Waals surface area contributed by atoms with Gasteiger partial charge in [0.2, 0.25) is 0 Å². The third kappa shape index (κ3) is 2.10. The third-order valence-electron chi connectivity index (χ3n) is 3.05. The lowest BCUT2D eigenvalue weighted by Crippen LogP contribution is -2.39. The Labute approximate surface area is 110 Å². The molecule has 5 heteroatoms. The number of benzene rings is 1. The molecule has 19 heavy (non-hydrogen) atoms. The van der Waals surface area contributed by atoms with Gasteiger partial charge >= 0.3 is 0 Å². The number of hydrogen-bond donors (Lipinski definition) is 0. The van der Waals surface area contributed by atoms with Crippen molar-refractivity contribution in [1.82, 2.24) is 20.6 Å². The fourth-order valence-corrected chi connectivity index (χ4v) is 2.24. The van der Waals surface area contributed by atoms with Gasteiger partial charge in [0.25, 0.3) is 5.95 Å². The van der Waals surface area contributed by atoms with Gasteiger partial charge < -0.3 is 0 Å². The second kappa shape index (κ2) is 4.61. The molecule has 0 saturated heterocycles. The fraction of sp³-hybridized carbons (Fsp3) is 0.143. The van der Waals surface area contributed by atoms with E-state index in [4.69, 9.17) is 0 Å². The monoisotopic (exact) mass is 251 g/mol. The zero-order valence-corrected chi connectivity index (χ0v) is 10.8. The lowest BCUT2D eigenvalue weighted by Gasteiger charge is -2.13. The van der Waals surface area contributed by atoms with Crippen molar-refractivity contribution in [3.05, 3.63) is 53.9 Å². The van der Waals surface area contributed by atoms with E-state index < -0.39 is 0 Å². The Morgan fingerprint density at radius 1 is 0.947 bits per heavy atom. The highest BCUT2D eigenvalue weighted by molar-refractivity contribution is 5.63. The summed E-state index contributed by atoms with van der Waals surface area (Å²) in [5.41, 5.74) is 4.47. The molecule has 0 saturated carbocycles. The Kier molecular flexibility index (Phi) is 2.79. The molecule has 0 aliphatic carbocycles. The number of aromatic nitrogens is 5. The maximum Gasteiger partial charge on any atom is 0.276 e. The van der Waals surface area contributed by atoms with E-state index in [-0.39, 0.29) is 0 Å². The summed E-state index contributed by atoms with van der Waals surface area (Å²) in [5.74, 6) is 0.509. The first kappa shape index (κ1) is 11.5. The summed E-state index contributed by atoms with van der Waals surface area (Å²) in [6.07, 6.45) is 0. The van der Waals surface area contributed by atoms with Crippen molar-refractivity contribution >= 4 is 0 Å². The molecule has 0 atom stereocenters. The maximum absolute atomic E-state index is 3.90. The standard InChI is InChI=1S/C14H13N5/c1-10-8-13(12-6-4-3-5-7-12)9-11(2)19(10)14-15-17-18-16-14/h3-9H,1-2H3. The zero-order chi connectivity index (χ0) is 13.2. The highest BCUT2D eigenvalue weighted by Gasteiger charge is 2.09. The second-order valence-electron chi connectivity index (χ2n) is 4.41. The number of hydrogen-bond acceptors (Lipinski definition) is 3. The van der Waals surface area contributed by atoms with Crippen molar-refractivity contribution in [2.75, 3.05) is 0 Å². The van der Waals surface area contributed by atoms with Gasteiger partial charge in [0, 0.05) is 11.4 Å². The third-order valence-corrected chi connectivity index (χ3v) is 3.05. The molecule has 0 radical (unpaired) electrons. The summed E-state index contributed by atoms with van der Waals surface area (Å²) >= 11 is 0. The van der Waals surface area contributed by atoms with E-state index in [1.807, 2.05) is 36.6 Å². The maximum atomic E-state index is 3.90. The van der Waals surface area contributed by atoms with Crippen LogP contribution in [-0.2, 0) is 0 Å². The van der Waals surface area contributed by atoms with Crippen LogP contribution in [0.1, 0.15) is 11.4 Å². The molecule has 2 aromatic heterocycles. The average Bonchev–Trinajstić information content (AvgIpc) is 2.93. The summed E-state index contributed by atoms with van der Waals surface area (Å²) in [6, 6.07) is 14.5. The zero-order valence-electron chi connectivity index (χ0n) is 10.8. The number of tetrazole rings is 1. The van der Waals surface area contributed by atoms with Crippen molar-refractivity contribution in [1.29, 1.82) is 0 Å². The minimum atomic E-state index is 0.509. The van der Waals surface area contributed by atoms with Crippen LogP contribution in [0, 0.1) is 13.8 Å². The number of nitrogens with zero attached hydrogens (tertiary/aromatic N) is 5. The Morgan fingerprint density at radius 3 is 2.21 bits per heavy atom. The average molecular weight is 251 g/mol. The number of rotatable bonds is 2. The topological polar surface area (TPSA) is 56.6 Å². The van der Waals surface area contributed by atoms with Crippen LogP contribution in [0.15, 0.2) is 42.5 Å². The molecule has 94 valence electrons. The van der Waals surface area contributed by atoms with Crippen LogP contribution >= 0.6 is 0 Å². The summed E-state index contributed by atoms with van der Waals surface area (Å²) < 4.78 is 1.94. The quantitative estimate of drug-likeness (QED) is 0.646. The Bertz CT molecular complexity index is 666. The van der Waals surface area contributed by atoms with Gasteiger partial charge in [-0.05, 0) is 47.5 Å². The first-order valence-corrected chi connectivity index (χ1v) is 6.03. The Balaban J connectivity index is 2.13. The second-order valence-corrected chi connectivity index (χ2v) is 4.41. The van der Waals surface area contributed by atoms with E-state index in [0.29, 0.717) is 5.95 Å². The molecular weight excluding hydrogens is 238 g/mol. The van der Waals surface area contributed by atoms with Gasteiger partial charge in [-0.15, -0.1) is 0 Å². The van der Waals surface area contributed by atoms with Crippen LogP contribution in [0.2, 0.25) is 0 Å². The number of aryl methyl sites for hydroxylation is 2. The summed E-state index contributed by atoms with van der Waals surface area (Å²) in [4.78, 5) is 0. The summed E-state index contributed by atoms with van der Waals surface area (Å²) in [5, 5.41) is 14.9. The molecule has 0 spiro atoms. The van der Waals surface area contributed by atoms with Crippen LogP contribution in [0.5, 0.6) is 0 Å². The van der Waals surface area contributed by atoms with Gasteiger partial charge in [0.1, 0.15) is 0 Å². The van der Waals surface area contributed by atoms with E-state index >= 15 is 0 Å². The molecule has 0 amide bonds. The van der Waals surface area contributed by atoms with Crippen molar-refractivity contribution in [3.63, 3.8) is 0 Å². The van der Waals surface area contributed by atoms with Gasteiger partial charge in [0.15, 0.2) is 0 Å². The van der Waals surface area contributed by atoms with E-state index in [1.54, 1.807) is 0 Å². The number of pyridine rings is 1. The van der Waals surface area contributed by atoms with Crippen LogP contribution in [0.25, 0.3) is 17.1 Å². The van der Waals surface area contributed by atoms with Crippen LogP contribution < -0.4 is 9.67 Å². The first-order chi connectivity index (χ1) is 9.25. The van der Waals surface area contributed by atoms with Crippen molar-refractivity contribution in [3.8, 4) is 17.1 Å². The van der Waals surface area contributed by atoms with Gasteiger partial charge in [-0.3, -0.25) is 4.57 Å². The van der Waals surface area contributed by atoms with E-state index in [9.17, 15) is 0 Å². The molecule has 3 aromatic rings. The smallest absolute Gasteiger partial charge is 0.276 e. The molecule has 3 rings (SSSR count). The van der Waals surface area contributed by atoms with Gasteiger partial charge in [-0.25, -0.2) is 0 Å². The summed E-state index contributed by atoms with van der Waals surface area (Å²) in [7, 11) is 0. The fourth-order valence-electron chi connectivity index (χ4n) is 2.24. The first-order valence-electron chi connectivity index (χ1n) is 6.03. The van der Waals surface area contributed by atoms with Crippen molar-refractivity contribution in [2.24, 2.45) is 0 Å². The van der Waals surface area contributed by atoms with Crippen molar-refractivity contribution in [2.45, 2.75) is 13.8 Å². The lowest BCUT2D eigenvalue weighted by atomic mass is 10.0. The predicted octanol–water partition coefficient (Wildman–Crippen LogP) is 1.39. The van der Waals surface area contributed by atoms with Crippen LogP contribution in [0.4, 0.5) is 0 Å². The summed E-state index contributed by atoms with van der Waals surface area (Å²) in [6.45, 7) is 4.05. The molecule has 1 aromatic carbocycles. The SMILES string of the molecule is Cc1cc(-c2ccccc2)cc(C)[n+]1-c1nnn[n-]1. The molecule has 0 fully saturated rings. The molecule has 0 unspecified atom stereocenters. The largest absolute Gasteiger partial charge is 0.285 e. The molecule has 0 bridgehead atoms. The van der Waals surface area contributed by atoms with Crippen molar-refractivity contribution < 1.29 is 4.57 Å². The molecule has 0 N–H and O–H groups in total. The molecule has 0 aliphatic heterocycles. The van der Waals surface area contributed by atoms with Crippen LogP contribution in [0.3, 0.4) is 0 Å². The molecule has 5 nitrogen and oxygen atoms in total. The van der Waals surface area contributed by atoms with E-state index in [2.05, 4.69) is 44.9 Å². The molecule has 2 heterocycles. The Morgan fingerprint density at radius 2 is 1.63 bits per heavy atom. The van der Waals surface area contributed by atoms with Gasteiger partial charge in [-0.1, -0.05) is 40.5 Å². The van der Waals surface area contributed by atoms with Gasteiger partial charge in [-0.2, -0.15) is 0 Å². The van der Waals surface area contributed by atoms with E-state index in [0.717, 1.165) is 11.4 Å². The van der Waals surface area contributed by atoms with Gasteiger partial charge in [0.05, 0.1) is 0 Å². The minimum absolute atomic E-state index is 0.509. The predicted molar refractivity (Wildman–Crippen MR) is 69.6 cm³/mol. The Hall–Kier alpha value is -2.56. The van der Waals surface area contributed by atoms with E-state index in [1.165, 1.54) is 11.1 Å². The normalized spacial score (nSPS) is 10.6.